The number of sulfonamides is 1. The molecule has 1 amide bonds. The van der Waals surface area contributed by atoms with Crippen molar-refractivity contribution in [2.45, 2.75) is 37.6 Å². The van der Waals surface area contributed by atoms with Crippen LogP contribution in [-0.2, 0) is 10.0 Å². The number of carbonyl (C=O) groups is 1. The van der Waals surface area contributed by atoms with Crippen LogP contribution in [-0.4, -0.2) is 34.0 Å². The van der Waals surface area contributed by atoms with E-state index in [1.54, 1.807) is 0 Å². The lowest BCUT2D eigenvalue weighted by atomic mass is 10.0. The standard InChI is InChI=1S/C20H26N2O4S/c1-14(2)22-20(23)18-12-17(10-11-19(18)26-4)27(24,25)21-13-15(3)16-8-6-5-7-9-16/h5-12,14-15,21H,13H2,1-4H3,(H,22,23)/t15-/m0/s1. The highest BCUT2D eigenvalue weighted by Crippen LogP contribution is 2.23. The van der Waals surface area contributed by atoms with Gasteiger partial charge in [0.15, 0.2) is 0 Å². The second-order valence-electron chi connectivity index (χ2n) is 6.65. The number of hydrogen-bond donors (Lipinski definition) is 2. The van der Waals surface area contributed by atoms with E-state index in [0.29, 0.717) is 5.75 Å². The summed E-state index contributed by atoms with van der Waals surface area (Å²) in [4.78, 5) is 12.4. The van der Waals surface area contributed by atoms with Crippen LogP contribution >= 0.6 is 0 Å². The minimum atomic E-state index is -3.76. The van der Waals surface area contributed by atoms with Crippen LogP contribution < -0.4 is 14.8 Å². The molecule has 0 aliphatic rings. The average molecular weight is 391 g/mol. The van der Waals surface area contributed by atoms with Crippen LogP contribution in [0.2, 0.25) is 0 Å². The van der Waals surface area contributed by atoms with E-state index in [-0.39, 0.29) is 34.9 Å². The van der Waals surface area contributed by atoms with Gasteiger partial charge in [-0.2, -0.15) is 0 Å². The van der Waals surface area contributed by atoms with Crippen molar-refractivity contribution in [3.05, 3.63) is 59.7 Å². The third kappa shape index (κ3) is 5.55. The Morgan fingerprint density at radius 1 is 1.07 bits per heavy atom. The molecule has 0 aliphatic heterocycles. The van der Waals surface area contributed by atoms with E-state index in [1.807, 2.05) is 51.1 Å². The van der Waals surface area contributed by atoms with Crippen molar-refractivity contribution in [2.75, 3.05) is 13.7 Å². The van der Waals surface area contributed by atoms with E-state index in [4.69, 9.17) is 4.74 Å². The van der Waals surface area contributed by atoms with Crippen LogP contribution in [0, 0.1) is 0 Å². The molecule has 0 aliphatic carbocycles. The first kappa shape index (κ1) is 20.9. The number of nitrogens with one attached hydrogen (secondary N) is 2. The monoisotopic (exact) mass is 390 g/mol. The lowest BCUT2D eigenvalue weighted by Gasteiger charge is -2.15. The Hall–Kier alpha value is -2.38. The lowest BCUT2D eigenvalue weighted by Crippen LogP contribution is -2.31. The highest BCUT2D eigenvalue weighted by molar-refractivity contribution is 7.89. The molecule has 2 aromatic rings. The molecule has 2 aromatic carbocycles. The predicted octanol–water partition coefficient (Wildman–Crippen LogP) is 2.92. The number of ether oxygens (including phenoxy) is 1. The number of methoxy groups -OCH3 is 1. The number of rotatable bonds is 8. The van der Waals surface area contributed by atoms with E-state index < -0.39 is 10.0 Å². The Bertz CT molecular complexity index is 880. The van der Waals surface area contributed by atoms with E-state index >= 15 is 0 Å². The van der Waals surface area contributed by atoms with Crippen molar-refractivity contribution in [3.63, 3.8) is 0 Å². The quantitative estimate of drug-likeness (QED) is 0.726. The molecule has 0 aromatic heterocycles. The maximum absolute atomic E-state index is 12.7. The summed E-state index contributed by atoms with van der Waals surface area (Å²) in [6.45, 7) is 5.87. The molecular weight excluding hydrogens is 364 g/mol. The SMILES string of the molecule is COc1ccc(S(=O)(=O)NC[C@H](C)c2ccccc2)cc1C(=O)NC(C)C. The highest BCUT2D eigenvalue weighted by atomic mass is 32.2. The molecule has 27 heavy (non-hydrogen) atoms. The summed E-state index contributed by atoms with van der Waals surface area (Å²) in [5.74, 6) is -0.0377. The molecule has 0 heterocycles. The molecular formula is C20H26N2O4S. The Balaban J connectivity index is 2.21. The molecule has 0 unspecified atom stereocenters. The fourth-order valence-electron chi connectivity index (χ4n) is 2.59. The summed E-state index contributed by atoms with van der Waals surface area (Å²) in [5.41, 5.74) is 1.23. The zero-order valence-corrected chi connectivity index (χ0v) is 16.8. The van der Waals surface area contributed by atoms with E-state index in [0.717, 1.165) is 5.56 Å². The van der Waals surface area contributed by atoms with Gasteiger partial charge in [0.25, 0.3) is 5.91 Å². The summed E-state index contributed by atoms with van der Waals surface area (Å²) in [7, 11) is -2.32. The van der Waals surface area contributed by atoms with E-state index in [2.05, 4.69) is 10.0 Å². The summed E-state index contributed by atoms with van der Waals surface area (Å²) in [6.07, 6.45) is 0. The first-order valence-corrected chi connectivity index (χ1v) is 10.3. The summed E-state index contributed by atoms with van der Waals surface area (Å²) in [5, 5.41) is 2.75. The van der Waals surface area contributed by atoms with Crippen LogP contribution in [0.3, 0.4) is 0 Å². The molecule has 0 fully saturated rings. The number of carbonyl (C=O) groups excluding carboxylic acids is 1. The largest absolute Gasteiger partial charge is 0.496 e. The van der Waals surface area contributed by atoms with Crippen LogP contribution in [0.4, 0.5) is 0 Å². The number of hydrogen-bond acceptors (Lipinski definition) is 4. The van der Waals surface area contributed by atoms with Gasteiger partial charge in [-0.3, -0.25) is 4.79 Å². The zero-order valence-electron chi connectivity index (χ0n) is 16.0. The smallest absolute Gasteiger partial charge is 0.255 e. The number of benzene rings is 2. The van der Waals surface area contributed by atoms with Gasteiger partial charge < -0.3 is 10.1 Å². The molecule has 0 saturated heterocycles. The summed E-state index contributed by atoms with van der Waals surface area (Å²) >= 11 is 0. The fraction of sp³-hybridized carbons (Fsp3) is 0.350. The fourth-order valence-corrected chi connectivity index (χ4v) is 3.75. The van der Waals surface area contributed by atoms with Gasteiger partial charge in [-0.05, 0) is 43.5 Å². The lowest BCUT2D eigenvalue weighted by molar-refractivity contribution is 0.0940. The third-order valence-electron chi connectivity index (χ3n) is 4.09. The predicted molar refractivity (Wildman–Crippen MR) is 106 cm³/mol. The Morgan fingerprint density at radius 3 is 2.33 bits per heavy atom. The molecule has 1 atom stereocenters. The molecule has 0 spiro atoms. The van der Waals surface area contributed by atoms with Gasteiger partial charge >= 0.3 is 0 Å². The zero-order chi connectivity index (χ0) is 20.0. The van der Waals surface area contributed by atoms with Crippen molar-refractivity contribution in [2.24, 2.45) is 0 Å². The minimum absolute atomic E-state index is 0.0166. The summed E-state index contributed by atoms with van der Waals surface area (Å²) < 4.78 is 33.2. The average Bonchev–Trinajstić information content (AvgIpc) is 2.65. The van der Waals surface area contributed by atoms with Gasteiger partial charge in [0.05, 0.1) is 17.6 Å². The van der Waals surface area contributed by atoms with Gasteiger partial charge in [-0.25, -0.2) is 13.1 Å². The Labute approximate surface area is 161 Å². The maximum Gasteiger partial charge on any atom is 0.255 e. The second kappa shape index (κ2) is 9.01. The Morgan fingerprint density at radius 2 is 1.74 bits per heavy atom. The topological polar surface area (TPSA) is 84.5 Å². The van der Waals surface area contributed by atoms with Gasteiger partial charge in [0.1, 0.15) is 5.75 Å². The third-order valence-corrected chi connectivity index (χ3v) is 5.52. The molecule has 0 saturated carbocycles. The molecule has 2 N–H and O–H groups in total. The minimum Gasteiger partial charge on any atom is -0.496 e. The van der Waals surface area contributed by atoms with Crippen LogP contribution in [0.25, 0.3) is 0 Å². The van der Waals surface area contributed by atoms with Crippen molar-refractivity contribution >= 4 is 15.9 Å². The molecule has 7 heteroatoms. The highest BCUT2D eigenvalue weighted by Gasteiger charge is 2.21. The van der Waals surface area contributed by atoms with Crippen molar-refractivity contribution in [1.82, 2.24) is 10.0 Å². The van der Waals surface area contributed by atoms with E-state index in [9.17, 15) is 13.2 Å². The van der Waals surface area contributed by atoms with Crippen LogP contribution in [0.5, 0.6) is 5.75 Å². The normalized spacial score (nSPS) is 12.6. The van der Waals surface area contributed by atoms with Crippen molar-refractivity contribution in [1.29, 1.82) is 0 Å². The van der Waals surface area contributed by atoms with Crippen molar-refractivity contribution < 1.29 is 17.9 Å². The molecule has 0 bridgehead atoms. The molecule has 6 nitrogen and oxygen atoms in total. The van der Waals surface area contributed by atoms with Gasteiger partial charge in [-0.1, -0.05) is 37.3 Å². The van der Waals surface area contributed by atoms with Gasteiger partial charge in [-0.15, -0.1) is 0 Å². The summed E-state index contributed by atoms with van der Waals surface area (Å²) in [6, 6.07) is 13.9. The molecule has 2 rings (SSSR count). The van der Waals surface area contributed by atoms with Gasteiger partial charge in [0.2, 0.25) is 10.0 Å². The van der Waals surface area contributed by atoms with Crippen LogP contribution in [0.15, 0.2) is 53.4 Å². The van der Waals surface area contributed by atoms with Crippen LogP contribution in [0.1, 0.15) is 42.6 Å². The first-order chi connectivity index (χ1) is 12.7. The van der Waals surface area contributed by atoms with Gasteiger partial charge in [0, 0.05) is 12.6 Å². The van der Waals surface area contributed by atoms with Crippen molar-refractivity contribution in [3.8, 4) is 5.75 Å². The first-order valence-electron chi connectivity index (χ1n) is 8.78. The number of amides is 1. The Kier molecular flexibility index (Phi) is 6.98. The van der Waals surface area contributed by atoms with E-state index in [1.165, 1.54) is 25.3 Å². The second-order valence-corrected chi connectivity index (χ2v) is 8.42. The molecule has 0 radical (unpaired) electrons. The molecule has 146 valence electrons. The maximum atomic E-state index is 12.7.